The molecule has 0 rings (SSSR count). The molecule has 0 heterocycles. The molecule has 0 radical (unpaired) electrons. The Morgan fingerprint density at radius 2 is 1.65 bits per heavy atom. The van der Waals surface area contributed by atoms with E-state index in [9.17, 15) is 14.7 Å². The van der Waals surface area contributed by atoms with Gasteiger partial charge >= 0.3 is 5.97 Å². The molecular formula is C12H24N2O3. The van der Waals surface area contributed by atoms with E-state index in [1.165, 1.54) is 0 Å². The van der Waals surface area contributed by atoms with Gasteiger partial charge in [-0.1, -0.05) is 13.8 Å². The lowest BCUT2D eigenvalue weighted by atomic mass is 9.92. The van der Waals surface area contributed by atoms with E-state index in [4.69, 9.17) is 0 Å². The Morgan fingerprint density at radius 3 is 1.94 bits per heavy atom. The summed E-state index contributed by atoms with van der Waals surface area (Å²) in [7, 11) is 0. The molecule has 1 unspecified atom stereocenters. The molecule has 5 nitrogen and oxygen atoms in total. The number of carbonyl (C=O) groups excluding carboxylic acids is 1. The first-order valence-corrected chi connectivity index (χ1v) is 6.10. The maximum atomic E-state index is 11.7. The second kappa shape index (κ2) is 6.59. The molecule has 1 amide bonds. The number of amides is 1. The van der Waals surface area contributed by atoms with Gasteiger partial charge in [-0.15, -0.1) is 0 Å². The van der Waals surface area contributed by atoms with Crippen molar-refractivity contribution >= 4 is 11.9 Å². The minimum Gasteiger partial charge on any atom is -0.480 e. The van der Waals surface area contributed by atoms with Crippen molar-refractivity contribution in [3.63, 3.8) is 0 Å². The van der Waals surface area contributed by atoms with Gasteiger partial charge in [-0.05, 0) is 33.6 Å². The summed E-state index contributed by atoms with van der Waals surface area (Å²) in [5.74, 6) is -1.08. The van der Waals surface area contributed by atoms with Gasteiger partial charge in [0.25, 0.3) is 0 Å². The van der Waals surface area contributed by atoms with E-state index in [0.29, 0.717) is 12.8 Å². The van der Waals surface area contributed by atoms with Gasteiger partial charge in [0.1, 0.15) is 5.54 Å². The molecule has 0 aromatic carbocycles. The summed E-state index contributed by atoms with van der Waals surface area (Å²) < 4.78 is 0. The van der Waals surface area contributed by atoms with Crippen LogP contribution in [0.15, 0.2) is 0 Å². The molecule has 0 fully saturated rings. The summed E-state index contributed by atoms with van der Waals surface area (Å²) >= 11 is 0. The average molecular weight is 244 g/mol. The first-order valence-electron chi connectivity index (χ1n) is 6.10. The van der Waals surface area contributed by atoms with E-state index in [0.717, 1.165) is 0 Å². The molecule has 100 valence electrons. The van der Waals surface area contributed by atoms with Crippen molar-refractivity contribution in [2.75, 3.05) is 0 Å². The molecule has 0 aliphatic rings. The second-order valence-corrected chi connectivity index (χ2v) is 4.62. The van der Waals surface area contributed by atoms with E-state index in [-0.39, 0.29) is 11.9 Å². The van der Waals surface area contributed by atoms with E-state index < -0.39 is 17.6 Å². The Morgan fingerprint density at radius 1 is 1.18 bits per heavy atom. The fraction of sp³-hybridized carbons (Fsp3) is 0.833. The van der Waals surface area contributed by atoms with Crippen LogP contribution in [0, 0.1) is 0 Å². The maximum absolute atomic E-state index is 11.7. The molecular weight excluding hydrogens is 220 g/mol. The fourth-order valence-corrected chi connectivity index (χ4v) is 1.71. The van der Waals surface area contributed by atoms with Gasteiger partial charge in [0.15, 0.2) is 0 Å². The van der Waals surface area contributed by atoms with E-state index in [2.05, 4.69) is 10.6 Å². The quantitative estimate of drug-likeness (QED) is 0.627. The molecule has 0 spiro atoms. The number of carbonyl (C=O) groups is 2. The molecule has 0 aliphatic carbocycles. The fourth-order valence-electron chi connectivity index (χ4n) is 1.71. The van der Waals surface area contributed by atoms with Crippen molar-refractivity contribution in [1.82, 2.24) is 10.6 Å². The number of hydrogen-bond donors (Lipinski definition) is 3. The summed E-state index contributed by atoms with van der Waals surface area (Å²) in [6.07, 6.45) is 0.885. The smallest absolute Gasteiger partial charge is 0.323 e. The predicted molar refractivity (Wildman–Crippen MR) is 66.8 cm³/mol. The lowest BCUT2D eigenvalue weighted by molar-refractivity contribution is -0.146. The summed E-state index contributed by atoms with van der Waals surface area (Å²) in [6, 6.07) is -0.470. The molecule has 1 atom stereocenters. The van der Waals surface area contributed by atoms with Crippen LogP contribution >= 0.6 is 0 Å². The van der Waals surface area contributed by atoms with Crippen LogP contribution in [-0.2, 0) is 9.59 Å². The number of nitrogens with one attached hydrogen (secondary N) is 2. The number of carboxylic acid groups (broad SMARTS) is 1. The van der Waals surface area contributed by atoms with Crippen molar-refractivity contribution in [3.05, 3.63) is 0 Å². The van der Waals surface area contributed by atoms with Crippen LogP contribution < -0.4 is 10.6 Å². The summed E-state index contributed by atoms with van der Waals surface area (Å²) in [5.41, 5.74) is -1.02. The molecule has 5 heteroatoms. The molecule has 17 heavy (non-hydrogen) atoms. The normalized spacial score (nSPS) is 13.5. The summed E-state index contributed by atoms with van der Waals surface area (Å²) in [4.78, 5) is 23.0. The highest BCUT2D eigenvalue weighted by atomic mass is 16.4. The maximum Gasteiger partial charge on any atom is 0.323 e. The third kappa shape index (κ3) is 4.34. The lowest BCUT2D eigenvalue weighted by Gasteiger charge is -2.31. The summed E-state index contributed by atoms with van der Waals surface area (Å²) in [6.45, 7) is 9.03. The number of rotatable bonds is 7. The largest absolute Gasteiger partial charge is 0.480 e. The monoisotopic (exact) mass is 244 g/mol. The van der Waals surface area contributed by atoms with Crippen LogP contribution in [0.25, 0.3) is 0 Å². The molecule has 0 bridgehead atoms. The van der Waals surface area contributed by atoms with Crippen molar-refractivity contribution in [2.45, 2.75) is 65.1 Å². The number of hydrogen-bond acceptors (Lipinski definition) is 3. The SMILES string of the molecule is CCC(CC)(NC(C)C(=O)NC(C)C)C(=O)O. The van der Waals surface area contributed by atoms with Gasteiger partial charge in [-0.3, -0.25) is 14.9 Å². The predicted octanol–water partition coefficient (Wildman–Crippen LogP) is 1.13. The third-order valence-electron chi connectivity index (χ3n) is 2.93. The standard InChI is InChI=1S/C12H24N2O3/c1-6-12(7-2,11(16)17)14-9(5)10(15)13-8(3)4/h8-9,14H,6-7H2,1-5H3,(H,13,15)(H,16,17). The highest BCUT2D eigenvalue weighted by Crippen LogP contribution is 2.16. The van der Waals surface area contributed by atoms with Crippen LogP contribution in [0.4, 0.5) is 0 Å². The highest BCUT2D eigenvalue weighted by molar-refractivity contribution is 5.84. The molecule has 0 aliphatic heterocycles. The Labute approximate surface area is 103 Å². The Balaban J connectivity index is 4.67. The zero-order chi connectivity index (χ0) is 13.6. The highest BCUT2D eigenvalue weighted by Gasteiger charge is 2.37. The van der Waals surface area contributed by atoms with Crippen LogP contribution in [0.2, 0.25) is 0 Å². The van der Waals surface area contributed by atoms with Crippen molar-refractivity contribution < 1.29 is 14.7 Å². The third-order valence-corrected chi connectivity index (χ3v) is 2.93. The number of aliphatic carboxylic acids is 1. The molecule has 0 aromatic rings. The van der Waals surface area contributed by atoms with Gasteiger partial charge < -0.3 is 10.4 Å². The first kappa shape index (κ1) is 15.9. The van der Waals surface area contributed by atoms with Crippen LogP contribution in [-0.4, -0.2) is 34.6 Å². The molecule has 0 saturated heterocycles. The van der Waals surface area contributed by atoms with Crippen molar-refractivity contribution in [2.24, 2.45) is 0 Å². The lowest BCUT2D eigenvalue weighted by Crippen LogP contribution is -2.58. The Hall–Kier alpha value is -1.10. The first-order chi connectivity index (χ1) is 7.79. The topological polar surface area (TPSA) is 78.4 Å². The molecule has 0 aromatic heterocycles. The van der Waals surface area contributed by atoms with Gasteiger partial charge in [0, 0.05) is 6.04 Å². The van der Waals surface area contributed by atoms with Gasteiger partial charge in [0.2, 0.25) is 5.91 Å². The second-order valence-electron chi connectivity index (χ2n) is 4.62. The molecule has 3 N–H and O–H groups in total. The summed E-state index contributed by atoms with van der Waals surface area (Å²) in [5, 5.41) is 14.9. The van der Waals surface area contributed by atoms with Crippen molar-refractivity contribution in [1.29, 1.82) is 0 Å². The Bertz CT molecular complexity index is 273. The number of carboxylic acids is 1. The van der Waals surface area contributed by atoms with Crippen LogP contribution in [0.1, 0.15) is 47.5 Å². The van der Waals surface area contributed by atoms with E-state index >= 15 is 0 Å². The van der Waals surface area contributed by atoms with E-state index in [1.807, 2.05) is 13.8 Å². The minimum absolute atomic E-state index is 0.0502. The van der Waals surface area contributed by atoms with Gasteiger partial charge in [-0.2, -0.15) is 0 Å². The zero-order valence-corrected chi connectivity index (χ0v) is 11.3. The van der Waals surface area contributed by atoms with Gasteiger partial charge in [-0.25, -0.2) is 0 Å². The average Bonchev–Trinajstić information content (AvgIpc) is 2.24. The van der Waals surface area contributed by atoms with Gasteiger partial charge in [0.05, 0.1) is 6.04 Å². The van der Waals surface area contributed by atoms with Crippen LogP contribution in [0.5, 0.6) is 0 Å². The van der Waals surface area contributed by atoms with Crippen molar-refractivity contribution in [3.8, 4) is 0 Å². The minimum atomic E-state index is -1.02. The Kier molecular flexibility index (Phi) is 6.16. The zero-order valence-electron chi connectivity index (χ0n) is 11.3. The van der Waals surface area contributed by atoms with E-state index in [1.54, 1.807) is 20.8 Å². The van der Waals surface area contributed by atoms with Crippen LogP contribution in [0.3, 0.4) is 0 Å². The molecule has 0 saturated carbocycles.